The Balaban J connectivity index is 1.41. The molecule has 0 aliphatic carbocycles. The molecule has 10 heteroatoms. The van der Waals surface area contributed by atoms with E-state index >= 15 is 0 Å². The number of nitrogens with one attached hydrogen (secondary N) is 2. The zero-order valence-electron chi connectivity index (χ0n) is 17.7. The average Bonchev–Trinajstić information content (AvgIpc) is 3.35. The van der Waals surface area contributed by atoms with Crippen molar-refractivity contribution in [3.63, 3.8) is 0 Å². The number of aryl methyl sites for hydroxylation is 1. The van der Waals surface area contributed by atoms with E-state index in [1.165, 1.54) is 11.3 Å². The van der Waals surface area contributed by atoms with Gasteiger partial charge in [0.1, 0.15) is 5.75 Å². The molecule has 0 saturated heterocycles. The summed E-state index contributed by atoms with van der Waals surface area (Å²) in [4.78, 5) is 17.7. The number of amides is 1. The van der Waals surface area contributed by atoms with E-state index in [1.54, 1.807) is 12.1 Å². The molecule has 33 heavy (non-hydrogen) atoms. The number of rotatable bonds is 8. The van der Waals surface area contributed by atoms with Crippen LogP contribution in [0.1, 0.15) is 5.69 Å². The zero-order chi connectivity index (χ0) is 23.4. The van der Waals surface area contributed by atoms with E-state index in [1.807, 2.05) is 54.0 Å². The molecule has 0 fully saturated rings. The van der Waals surface area contributed by atoms with Gasteiger partial charge in [-0.15, -0.1) is 6.58 Å². The minimum absolute atomic E-state index is 0.201. The van der Waals surface area contributed by atoms with Crippen LogP contribution in [0.25, 0.3) is 21.8 Å². The van der Waals surface area contributed by atoms with Crippen molar-refractivity contribution in [1.82, 2.24) is 19.7 Å². The van der Waals surface area contributed by atoms with E-state index < -0.39 is 0 Å². The second-order valence-corrected chi connectivity index (χ2v) is 8.83. The van der Waals surface area contributed by atoms with Gasteiger partial charge in [0.25, 0.3) is 5.91 Å². The minimum atomic E-state index is -0.344. The summed E-state index contributed by atoms with van der Waals surface area (Å²) in [5.74, 6) is 0.739. The number of ether oxygens (including phenoxy) is 1. The highest BCUT2D eigenvalue weighted by atomic mass is 35.5. The van der Waals surface area contributed by atoms with E-state index in [0.717, 1.165) is 21.7 Å². The monoisotopic (exact) mass is 497 g/mol. The van der Waals surface area contributed by atoms with E-state index in [2.05, 4.69) is 27.1 Å². The smallest absolute Gasteiger partial charge is 0.264 e. The lowest BCUT2D eigenvalue weighted by atomic mass is 10.1. The summed E-state index contributed by atoms with van der Waals surface area (Å²) in [6.45, 7) is 5.91. The molecular weight excluding hydrogens is 478 g/mol. The normalized spacial score (nSPS) is 10.7. The Morgan fingerprint density at radius 3 is 2.82 bits per heavy atom. The Labute approximate surface area is 204 Å². The van der Waals surface area contributed by atoms with Crippen LogP contribution < -0.4 is 10.1 Å². The molecule has 1 amide bonds. The van der Waals surface area contributed by atoms with Gasteiger partial charge in [-0.05, 0) is 42.4 Å². The summed E-state index contributed by atoms with van der Waals surface area (Å²) < 4.78 is 7.93. The van der Waals surface area contributed by atoms with E-state index in [4.69, 9.17) is 28.6 Å². The Morgan fingerprint density at radius 1 is 1.30 bits per heavy atom. The van der Waals surface area contributed by atoms with Crippen LogP contribution in [0, 0.1) is 11.7 Å². The number of anilines is 1. The highest BCUT2D eigenvalue weighted by molar-refractivity contribution is 7.71. The van der Waals surface area contributed by atoms with Gasteiger partial charge >= 0.3 is 0 Å². The first-order valence-electron chi connectivity index (χ1n) is 9.97. The van der Waals surface area contributed by atoms with E-state index in [9.17, 15) is 4.79 Å². The number of benzene rings is 2. The molecule has 0 saturated carbocycles. The number of thiazole rings is 1. The fourth-order valence-electron chi connectivity index (χ4n) is 3.17. The second kappa shape index (κ2) is 10.1. The molecule has 0 aliphatic heterocycles. The van der Waals surface area contributed by atoms with Crippen LogP contribution in [0.15, 0.2) is 61.2 Å². The second-order valence-electron chi connectivity index (χ2n) is 7.03. The van der Waals surface area contributed by atoms with Gasteiger partial charge in [-0.2, -0.15) is 5.10 Å². The third-order valence-electron chi connectivity index (χ3n) is 4.71. The van der Waals surface area contributed by atoms with Crippen LogP contribution in [0.2, 0.25) is 5.02 Å². The van der Waals surface area contributed by atoms with Gasteiger partial charge in [0.2, 0.25) is 0 Å². The van der Waals surface area contributed by atoms with Gasteiger partial charge < -0.3 is 4.74 Å². The third-order valence-corrected chi connectivity index (χ3v) is 6.39. The number of carbonyl (C=O) groups excluding carboxylic acids is 1. The predicted molar refractivity (Wildman–Crippen MR) is 134 cm³/mol. The molecule has 0 unspecified atom stereocenters. The van der Waals surface area contributed by atoms with Gasteiger partial charge in [0.05, 0.1) is 15.6 Å². The Hall–Kier alpha value is -3.27. The maximum atomic E-state index is 12.4. The summed E-state index contributed by atoms with van der Waals surface area (Å²) in [5.41, 5.74) is 2.75. The van der Waals surface area contributed by atoms with Crippen LogP contribution in [-0.4, -0.2) is 32.3 Å². The van der Waals surface area contributed by atoms with Gasteiger partial charge in [-0.3, -0.25) is 19.8 Å². The van der Waals surface area contributed by atoms with Crippen molar-refractivity contribution in [2.24, 2.45) is 0 Å². The molecule has 4 aromatic rings. The SMILES string of the molecule is C=CCn1c(-c2sc(NC(=O)COc3ccc(-c4ccccc4)cc3Cl)nc2C)n[nH]c1=S. The third kappa shape index (κ3) is 5.22. The fourth-order valence-corrected chi connectivity index (χ4v) is 4.60. The number of hydrogen-bond acceptors (Lipinski definition) is 6. The number of nitrogens with zero attached hydrogens (tertiary/aromatic N) is 3. The molecule has 0 spiro atoms. The van der Waals surface area contributed by atoms with Crippen molar-refractivity contribution >= 4 is 46.2 Å². The lowest BCUT2D eigenvalue weighted by Crippen LogP contribution is -2.20. The number of allylic oxidation sites excluding steroid dienone is 1. The molecule has 0 aliphatic rings. The van der Waals surface area contributed by atoms with Crippen LogP contribution >= 0.6 is 35.2 Å². The molecule has 2 N–H and O–H groups in total. The molecule has 7 nitrogen and oxygen atoms in total. The Bertz CT molecular complexity index is 1360. The number of aromatic nitrogens is 4. The maximum Gasteiger partial charge on any atom is 0.264 e. The van der Waals surface area contributed by atoms with Gasteiger partial charge in [-0.25, -0.2) is 4.98 Å². The van der Waals surface area contributed by atoms with E-state index in [0.29, 0.717) is 33.0 Å². The molecule has 0 atom stereocenters. The average molecular weight is 498 g/mol. The molecule has 2 heterocycles. The summed E-state index contributed by atoms with van der Waals surface area (Å²) >= 11 is 12.9. The quantitative estimate of drug-likeness (QED) is 0.234. The number of hydrogen-bond donors (Lipinski definition) is 2. The van der Waals surface area contributed by atoms with Gasteiger partial charge in [-0.1, -0.05) is 65.4 Å². The topological polar surface area (TPSA) is 84.8 Å². The first kappa shape index (κ1) is 22.9. The van der Waals surface area contributed by atoms with Crippen LogP contribution in [0.5, 0.6) is 5.75 Å². The van der Waals surface area contributed by atoms with Crippen molar-refractivity contribution in [1.29, 1.82) is 0 Å². The van der Waals surface area contributed by atoms with Crippen LogP contribution in [-0.2, 0) is 11.3 Å². The number of halogens is 1. The number of H-pyrrole nitrogens is 1. The van der Waals surface area contributed by atoms with Crippen molar-refractivity contribution in [2.45, 2.75) is 13.5 Å². The standard InChI is InChI=1S/C23H20ClN5O2S2/c1-3-11-29-21(27-28-23(29)32)20-14(2)25-22(33-20)26-19(30)13-31-18-10-9-16(12-17(18)24)15-7-5-4-6-8-15/h3-10,12H,1,11,13H2,2H3,(H,28,32)(H,25,26,30). The maximum absolute atomic E-state index is 12.4. The minimum Gasteiger partial charge on any atom is -0.482 e. The summed E-state index contributed by atoms with van der Waals surface area (Å²) in [7, 11) is 0. The molecular formula is C23H20ClN5O2S2. The Morgan fingerprint density at radius 2 is 2.09 bits per heavy atom. The van der Waals surface area contributed by atoms with Crippen LogP contribution in [0.3, 0.4) is 0 Å². The fraction of sp³-hybridized carbons (Fsp3) is 0.130. The summed E-state index contributed by atoms with van der Waals surface area (Å²) in [6.07, 6.45) is 1.74. The van der Waals surface area contributed by atoms with Crippen LogP contribution in [0.4, 0.5) is 5.13 Å². The number of carbonyl (C=O) groups is 1. The van der Waals surface area contributed by atoms with Crippen molar-refractivity contribution < 1.29 is 9.53 Å². The molecule has 168 valence electrons. The highest BCUT2D eigenvalue weighted by Crippen LogP contribution is 2.32. The largest absolute Gasteiger partial charge is 0.482 e. The predicted octanol–water partition coefficient (Wildman–Crippen LogP) is 5.90. The summed E-state index contributed by atoms with van der Waals surface area (Å²) in [5, 5.41) is 10.7. The highest BCUT2D eigenvalue weighted by Gasteiger charge is 2.17. The Kier molecular flexibility index (Phi) is 7.02. The van der Waals surface area contributed by atoms with Crippen molar-refractivity contribution in [3.05, 3.63) is 76.7 Å². The lowest BCUT2D eigenvalue weighted by molar-refractivity contribution is -0.118. The van der Waals surface area contributed by atoms with Crippen molar-refractivity contribution in [2.75, 3.05) is 11.9 Å². The number of aromatic amines is 1. The lowest BCUT2D eigenvalue weighted by Gasteiger charge is -2.09. The first-order chi connectivity index (χ1) is 16.0. The molecule has 2 aromatic heterocycles. The van der Waals surface area contributed by atoms with Gasteiger partial charge in [0, 0.05) is 6.54 Å². The molecule has 2 aromatic carbocycles. The zero-order valence-corrected chi connectivity index (χ0v) is 20.1. The van der Waals surface area contributed by atoms with E-state index in [-0.39, 0.29) is 12.5 Å². The first-order valence-corrected chi connectivity index (χ1v) is 11.6. The van der Waals surface area contributed by atoms with Crippen molar-refractivity contribution in [3.8, 4) is 27.6 Å². The molecule has 0 bridgehead atoms. The molecule has 0 radical (unpaired) electrons. The summed E-state index contributed by atoms with van der Waals surface area (Å²) in [6, 6.07) is 15.4. The van der Waals surface area contributed by atoms with Gasteiger partial charge in [0.15, 0.2) is 22.3 Å². The molecule has 4 rings (SSSR count).